The van der Waals surface area contributed by atoms with Crippen LogP contribution >= 0.6 is 0 Å². The maximum atomic E-state index is 12.2. The van der Waals surface area contributed by atoms with Crippen molar-refractivity contribution in [2.75, 3.05) is 23.7 Å². The van der Waals surface area contributed by atoms with Crippen LogP contribution in [0.25, 0.3) is 0 Å². The lowest BCUT2D eigenvalue weighted by Gasteiger charge is -2.09. The number of benzene rings is 1. The smallest absolute Gasteiger partial charge is 0.264 e. The Bertz CT molecular complexity index is 702. The summed E-state index contributed by atoms with van der Waals surface area (Å²) in [7, 11) is -2.21. The lowest BCUT2D eigenvalue weighted by atomic mass is 10.3. The van der Waals surface area contributed by atoms with Gasteiger partial charge in [0, 0.05) is 12.6 Å². The zero-order valence-corrected chi connectivity index (χ0v) is 12.5. The van der Waals surface area contributed by atoms with Crippen LogP contribution in [-0.4, -0.2) is 32.0 Å². The van der Waals surface area contributed by atoms with Gasteiger partial charge in [0.25, 0.3) is 10.0 Å². The minimum atomic E-state index is -3.73. The Morgan fingerprint density at radius 3 is 2.57 bits per heavy atom. The van der Waals surface area contributed by atoms with E-state index in [-0.39, 0.29) is 4.90 Å². The summed E-state index contributed by atoms with van der Waals surface area (Å²) >= 11 is 0. The van der Waals surface area contributed by atoms with Crippen LogP contribution < -0.4 is 14.8 Å². The van der Waals surface area contributed by atoms with E-state index < -0.39 is 10.0 Å². The summed E-state index contributed by atoms with van der Waals surface area (Å²) < 4.78 is 31.9. The van der Waals surface area contributed by atoms with Gasteiger partial charge in [-0.25, -0.2) is 18.4 Å². The number of hydrogen-bond donors (Lipinski definition) is 2. The van der Waals surface area contributed by atoms with Gasteiger partial charge >= 0.3 is 0 Å². The molecule has 0 atom stereocenters. The van der Waals surface area contributed by atoms with E-state index in [4.69, 9.17) is 4.74 Å². The van der Waals surface area contributed by atoms with Crippen LogP contribution in [0.4, 0.5) is 11.6 Å². The molecule has 7 nitrogen and oxygen atoms in total. The summed E-state index contributed by atoms with van der Waals surface area (Å²) in [6.07, 6.45) is 2.51. The summed E-state index contributed by atoms with van der Waals surface area (Å²) in [5.74, 6) is 0.951. The molecule has 1 aromatic carbocycles. The maximum absolute atomic E-state index is 12.2. The van der Waals surface area contributed by atoms with Crippen LogP contribution in [0.5, 0.6) is 5.75 Å². The van der Waals surface area contributed by atoms with Crippen LogP contribution in [0.2, 0.25) is 0 Å². The molecule has 0 unspecified atom stereocenters. The molecular formula is C13H16N4O3S. The van der Waals surface area contributed by atoms with Gasteiger partial charge in [0.05, 0.1) is 25.2 Å². The van der Waals surface area contributed by atoms with E-state index >= 15 is 0 Å². The molecule has 0 fully saturated rings. The molecule has 1 aromatic heterocycles. The lowest BCUT2D eigenvalue weighted by molar-refractivity contribution is 0.415. The predicted molar refractivity (Wildman–Crippen MR) is 80.0 cm³/mol. The minimum absolute atomic E-state index is 0.00743. The summed E-state index contributed by atoms with van der Waals surface area (Å²) in [5, 5.41) is 2.90. The highest BCUT2D eigenvalue weighted by molar-refractivity contribution is 7.92. The topological polar surface area (TPSA) is 93.2 Å². The average molecular weight is 308 g/mol. The van der Waals surface area contributed by atoms with Crippen molar-refractivity contribution in [1.29, 1.82) is 0 Å². The van der Waals surface area contributed by atoms with E-state index in [0.717, 1.165) is 0 Å². The molecule has 1 heterocycles. The summed E-state index contributed by atoms with van der Waals surface area (Å²) in [6.45, 7) is 2.56. The number of methoxy groups -OCH3 is 1. The van der Waals surface area contributed by atoms with Gasteiger partial charge in [0.2, 0.25) is 5.95 Å². The van der Waals surface area contributed by atoms with Crippen molar-refractivity contribution in [2.24, 2.45) is 0 Å². The standard InChI is InChI=1S/C13H16N4O3S/c1-3-14-13-15-8-12(9-16-13)21(18,19)17-10-5-4-6-11(7-10)20-2/h4-9,17H,3H2,1-2H3,(H,14,15,16). The van der Waals surface area contributed by atoms with Crippen LogP contribution in [0.15, 0.2) is 41.6 Å². The summed E-state index contributed by atoms with van der Waals surface area (Å²) in [6, 6.07) is 6.65. The number of sulfonamides is 1. The van der Waals surface area contributed by atoms with Crippen molar-refractivity contribution in [3.05, 3.63) is 36.7 Å². The average Bonchev–Trinajstić information content (AvgIpc) is 2.48. The second kappa shape index (κ2) is 6.40. The number of hydrogen-bond acceptors (Lipinski definition) is 6. The van der Waals surface area contributed by atoms with Gasteiger partial charge in [-0.2, -0.15) is 0 Å². The molecule has 0 spiro atoms. The van der Waals surface area contributed by atoms with Gasteiger partial charge in [-0.1, -0.05) is 6.07 Å². The van der Waals surface area contributed by atoms with E-state index in [2.05, 4.69) is 20.0 Å². The van der Waals surface area contributed by atoms with Gasteiger partial charge in [-0.3, -0.25) is 4.72 Å². The highest BCUT2D eigenvalue weighted by atomic mass is 32.2. The molecule has 112 valence electrons. The van der Waals surface area contributed by atoms with E-state index in [1.54, 1.807) is 24.3 Å². The monoisotopic (exact) mass is 308 g/mol. The quantitative estimate of drug-likeness (QED) is 0.844. The number of anilines is 2. The zero-order chi connectivity index (χ0) is 15.3. The molecule has 2 N–H and O–H groups in total. The SMILES string of the molecule is CCNc1ncc(S(=O)(=O)Nc2cccc(OC)c2)cn1. The van der Waals surface area contributed by atoms with Crippen molar-refractivity contribution in [3.63, 3.8) is 0 Å². The van der Waals surface area contributed by atoms with Crippen LogP contribution in [0.1, 0.15) is 6.92 Å². The number of nitrogens with one attached hydrogen (secondary N) is 2. The van der Waals surface area contributed by atoms with Gasteiger partial charge < -0.3 is 10.1 Å². The molecule has 8 heteroatoms. The molecule has 0 aliphatic carbocycles. The fourth-order valence-electron chi connectivity index (χ4n) is 1.60. The molecular weight excluding hydrogens is 292 g/mol. The Labute approximate surface area is 123 Å². The third kappa shape index (κ3) is 3.82. The van der Waals surface area contributed by atoms with E-state index in [9.17, 15) is 8.42 Å². The normalized spacial score (nSPS) is 11.0. The van der Waals surface area contributed by atoms with Gasteiger partial charge in [-0.05, 0) is 19.1 Å². The number of ether oxygens (including phenoxy) is 1. The molecule has 0 aliphatic heterocycles. The summed E-state index contributed by atoms with van der Waals surface area (Å²) in [4.78, 5) is 7.88. The number of nitrogens with zero attached hydrogens (tertiary/aromatic N) is 2. The van der Waals surface area contributed by atoms with Gasteiger partial charge in [0.1, 0.15) is 10.6 Å². The molecule has 0 bridgehead atoms. The van der Waals surface area contributed by atoms with Gasteiger partial charge in [0.15, 0.2) is 0 Å². The Morgan fingerprint density at radius 2 is 1.95 bits per heavy atom. The molecule has 21 heavy (non-hydrogen) atoms. The van der Waals surface area contributed by atoms with Crippen LogP contribution in [0.3, 0.4) is 0 Å². The first-order valence-electron chi connectivity index (χ1n) is 6.28. The first-order chi connectivity index (χ1) is 10.0. The fourth-order valence-corrected chi connectivity index (χ4v) is 2.54. The molecule has 0 radical (unpaired) electrons. The highest BCUT2D eigenvalue weighted by Gasteiger charge is 2.15. The van der Waals surface area contributed by atoms with Crippen molar-refractivity contribution in [2.45, 2.75) is 11.8 Å². The second-order valence-corrected chi connectivity index (χ2v) is 5.79. The number of aromatic nitrogens is 2. The van der Waals surface area contributed by atoms with Crippen LogP contribution in [0, 0.1) is 0 Å². The molecule has 0 saturated heterocycles. The maximum Gasteiger partial charge on any atom is 0.264 e. The van der Waals surface area contributed by atoms with E-state index in [0.29, 0.717) is 23.9 Å². The fraction of sp³-hybridized carbons (Fsp3) is 0.231. The molecule has 2 aromatic rings. The lowest BCUT2D eigenvalue weighted by Crippen LogP contribution is -2.14. The third-order valence-electron chi connectivity index (χ3n) is 2.60. The Hall–Kier alpha value is -2.35. The first-order valence-corrected chi connectivity index (χ1v) is 7.76. The molecule has 0 saturated carbocycles. The van der Waals surface area contributed by atoms with Crippen LogP contribution in [-0.2, 0) is 10.0 Å². The zero-order valence-electron chi connectivity index (χ0n) is 11.7. The number of rotatable bonds is 6. The van der Waals surface area contributed by atoms with Crippen molar-refractivity contribution in [1.82, 2.24) is 9.97 Å². The summed E-state index contributed by atoms with van der Waals surface area (Å²) in [5.41, 5.74) is 0.408. The second-order valence-electron chi connectivity index (χ2n) is 4.11. The molecule has 0 amide bonds. The Morgan fingerprint density at radius 1 is 1.24 bits per heavy atom. The third-order valence-corrected chi connectivity index (χ3v) is 3.93. The van der Waals surface area contributed by atoms with E-state index in [1.165, 1.54) is 19.5 Å². The largest absolute Gasteiger partial charge is 0.497 e. The highest BCUT2D eigenvalue weighted by Crippen LogP contribution is 2.20. The minimum Gasteiger partial charge on any atom is -0.497 e. The van der Waals surface area contributed by atoms with Crippen molar-refractivity contribution < 1.29 is 13.2 Å². The Kier molecular flexibility index (Phi) is 4.59. The van der Waals surface area contributed by atoms with Crippen molar-refractivity contribution >= 4 is 21.7 Å². The Balaban J connectivity index is 2.21. The van der Waals surface area contributed by atoms with E-state index in [1.807, 2.05) is 6.92 Å². The predicted octanol–water partition coefficient (Wildman–Crippen LogP) is 1.72. The first kappa shape index (κ1) is 15.0. The molecule has 0 aliphatic rings. The van der Waals surface area contributed by atoms with Crippen molar-refractivity contribution in [3.8, 4) is 5.75 Å². The van der Waals surface area contributed by atoms with Gasteiger partial charge in [-0.15, -0.1) is 0 Å². The molecule has 2 rings (SSSR count).